The van der Waals surface area contributed by atoms with Gasteiger partial charge in [-0.3, -0.25) is 19.7 Å². The SMILES string of the molecule is O=C(c1ccncc1)N1CCCC(c2nccnc2-c2ccccc2F)C1. The van der Waals surface area contributed by atoms with E-state index in [0.717, 1.165) is 18.5 Å². The zero-order valence-corrected chi connectivity index (χ0v) is 14.8. The van der Waals surface area contributed by atoms with Gasteiger partial charge < -0.3 is 4.90 Å². The van der Waals surface area contributed by atoms with Crippen molar-refractivity contribution in [1.29, 1.82) is 0 Å². The normalized spacial score (nSPS) is 16.9. The minimum Gasteiger partial charge on any atom is -0.338 e. The smallest absolute Gasteiger partial charge is 0.253 e. The molecule has 3 heterocycles. The molecule has 5 nitrogen and oxygen atoms in total. The lowest BCUT2D eigenvalue weighted by atomic mass is 9.91. The molecule has 1 atom stereocenters. The van der Waals surface area contributed by atoms with Crippen molar-refractivity contribution in [2.75, 3.05) is 13.1 Å². The number of halogens is 1. The summed E-state index contributed by atoms with van der Waals surface area (Å²) in [4.78, 5) is 27.5. The second-order valence-corrected chi connectivity index (χ2v) is 6.60. The molecule has 1 fully saturated rings. The third-order valence-corrected chi connectivity index (χ3v) is 4.88. The van der Waals surface area contributed by atoms with Gasteiger partial charge in [-0.1, -0.05) is 12.1 Å². The molecule has 1 aliphatic heterocycles. The fraction of sp³-hybridized carbons (Fsp3) is 0.238. The van der Waals surface area contributed by atoms with Crippen LogP contribution in [0.5, 0.6) is 0 Å². The zero-order chi connectivity index (χ0) is 18.6. The van der Waals surface area contributed by atoms with Crippen molar-refractivity contribution in [3.05, 3.63) is 78.3 Å². The Balaban J connectivity index is 1.63. The van der Waals surface area contributed by atoms with Crippen LogP contribution in [0.4, 0.5) is 4.39 Å². The molecule has 27 heavy (non-hydrogen) atoms. The first-order chi connectivity index (χ1) is 13.2. The standard InChI is InChI=1S/C21H19FN4O/c22-18-6-2-1-5-17(18)20-19(24-11-12-25-20)16-4-3-13-26(14-16)21(27)15-7-9-23-10-8-15/h1-2,5-12,16H,3-4,13-14H2. The number of nitrogens with zero attached hydrogens (tertiary/aromatic N) is 4. The molecular weight excluding hydrogens is 343 g/mol. The van der Waals surface area contributed by atoms with E-state index in [-0.39, 0.29) is 17.6 Å². The summed E-state index contributed by atoms with van der Waals surface area (Å²) in [6.45, 7) is 1.24. The molecule has 6 heteroatoms. The third-order valence-electron chi connectivity index (χ3n) is 4.88. The molecule has 4 rings (SSSR count). The lowest BCUT2D eigenvalue weighted by Gasteiger charge is -2.33. The Morgan fingerprint density at radius 3 is 2.63 bits per heavy atom. The van der Waals surface area contributed by atoms with Gasteiger partial charge >= 0.3 is 0 Å². The maximum Gasteiger partial charge on any atom is 0.253 e. The van der Waals surface area contributed by atoms with E-state index in [1.165, 1.54) is 6.07 Å². The summed E-state index contributed by atoms with van der Waals surface area (Å²) >= 11 is 0. The molecule has 136 valence electrons. The molecule has 1 amide bonds. The van der Waals surface area contributed by atoms with Crippen molar-refractivity contribution < 1.29 is 9.18 Å². The largest absolute Gasteiger partial charge is 0.338 e. The maximum atomic E-state index is 14.3. The Morgan fingerprint density at radius 1 is 1.04 bits per heavy atom. The van der Waals surface area contributed by atoms with E-state index in [2.05, 4.69) is 15.0 Å². The summed E-state index contributed by atoms with van der Waals surface area (Å²) in [5.41, 5.74) is 2.37. The number of likely N-dealkylation sites (tertiary alicyclic amines) is 1. The number of rotatable bonds is 3. The number of pyridine rings is 1. The van der Waals surface area contributed by atoms with E-state index in [1.807, 2.05) is 4.90 Å². The van der Waals surface area contributed by atoms with Crippen molar-refractivity contribution in [2.45, 2.75) is 18.8 Å². The first-order valence-electron chi connectivity index (χ1n) is 8.99. The highest BCUT2D eigenvalue weighted by Gasteiger charge is 2.28. The number of carbonyl (C=O) groups excluding carboxylic acids is 1. The Hall–Kier alpha value is -3.15. The predicted molar refractivity (Wildman–Crippen MR) is 99.5 cm³/mol. The Bertz CT molecular complexity index is 948. The molecule has 0 aliphatic carbocycles. The van der Waals surface area contributed by atoms with Crippen LogP contribution in [0, 0.1) is 5.82 Å². The summed E-state index contributed by atoms with van der Waals surface area (Å²) < 4.78 is 14.3. The van der Waals surface area contributed by atoms with Crippen LogP contribution in [0.25, 0.3) is 11.3 Å². The summed E-state index contributed by atoms with van der Waals surface area (Å²) in [7, 11) is 0. The molecule has 3 aromatic rings. The highest BCUT2D eigenvalue weighted by molar-refractivity contribution is 5.94. The van der Waals surface area contributed by atoms with Crippen LogP contribution < -0.4 is 0 Å². The number of amides is 1. The van der Waals surface area contributed by atoms with Crippen LogP contribution in [0.1, 0.15) is 34.8 Å². The summed E-state index contributed by atoms with van der Waals surface area (Å²) in [5, 5.41) is 0. The monoisotopic (exact) mass is 362 g/mol. The number of carbonyl (C=O) groups is 1. The molecule has 0 radical (unpaired) electrons. The fourth-order valence-electron chi connectivity index (χ4n) is 3.57. The third kappa shape index (κ3) is 3.56. The number of piperidine rings is 1. The average molecular weight is 362 g/mol. The van der Waals surface area contributed by atoms with Gasteiger partial charge in [0.15, 0.2) is 0 Å². The lowest BCUT2D eigenvalue weighted by molar-refractivity contribution is 0.0706. The topological polar surface area (TPSA) is 59.0 Å². The van der Waals surface area contributed by atoms with Crippen LogP contribution in [-0.4, -0.2) is 38.8 Å². The highest BCUT2D eigenvalue weighted by Crippen LogP contribution is 2.33. The van der Waals surface area contributed by atoms with Crippen molar-refractivity contribution in [3.63, 3.8) is 0 Å². The quantitative estimate of drug-likeness (QED) is 0.713. The van der Waals surface area contributed by atoms with Crippen molar-refractivity contribution in [3.8, 4) is 11.3 Å². The molecular formula is C21H19FN4O. The van der Waals surface area contributed by atoms with Crippen LogP contribution >= 0.6 is 0 Å². The van der Waals surface area contributed by atoms with E-state index >= 15 is 0 Å². The minimum absolute atomic E-state index is 0.0153. The van der Waals surface area contributed by atoms with Gasteiger partial charge in [-0.25, -0.2) is 4.39 Å². The van der Waals surface area contributed by atoms with Crippen LogP contribution in [0.3, 0.4) is 0 Å². The number of hydrogen-bond acceptors (Lipinski definition) is 4. The molecule has 1 aromatic carbocycles. The van der Waals surface area contributed by atoms with Gasteiger partial charge in [0.05, 0.1) is 11.4 Å². The van der Waals surface area contributed by atoms with E-state index in [4.69, 9.17) is 0 Å². The van der Waals surface area contributed by atoms with Crippen LogP contribution in [0.15, 0.2) is 61.2 Å². The zero-order valence-electron chi connectivity index (χ0n) is 14.8. The van der Waals surface area contributed by atoms with Gasteiger partial charge in [0.2, 0.25) is 0 Å². The van der Waals surface area contributed by atoms with Crippen molar-refractivity contribution >= 4 is 5.91 Å². The summed E-state index contributed by atoms with van der Waals surface area (Å²) in [5.74, 6) is -0.314. The van der Waals surface area contributed by atoms with Crippen LogP contribution in [-0.2, 0) is 0 Å². The lowest BCUT2D eigenvalue weighted by Crippen LogP contribution is -2.39. The van der Waals surface area contributed by atoms with Crippen molar-refractivity contribution in [1.82, 2.24) is 19.9 Å². The Kier molecular flexibility index (Phi) is 4.87. The molecule has 0 saturated carbocycles. The van der Waals surface area contributed by atoms with Gasteiger partial charge in [0.1, 0.15) is 5.82 Å². The van der Waals surface area contributed by atoms with E-state index < -0.39 is 0 Å². The number of hydrogen-bond donors (Lipinski definition) is 0. The molecule has 1 saturated heterocycles. The molecule has 0 spiro atoms. The first kappa shape index (κ1) is 17.3. The Morgan fingerprint density at radius 2 is 1.81 bits per heavy atom. The number of benzene rings is 1. The van der Waals surface area contributed by atoms with Gasteiger partial charge in [0, 0.05) is 54.9 Å². The highest BCUT2D eigenvalue weighted by atomic mass is 19.1. The molecule has 0 N–H and O–H groups in total. The second kappa shape index (κ2) is 7.61. The van der Waals surface area contributed by atoms with Gasteiger partial charge in [-0.15, -0.1) is 0 Å². The molecule has 1 aliphatic rings. The maximum absolute atomic E-state index is 14.3. The fourth-order valence-corrected chi connectivity index (χ4v) is 3.57. The van der Waals surface area contributed by atoms with Gasteiger partial charge in [0.25, 0.3) is 5.91 Å². The van der Waals surface area contributed by atoms with E-state index in [1.54, 1.807) is 55.1 Å². The van der Waals surface area contributed by atoms with Gasteiger partial charge in [-0.2, -0.15) is 0 Å². The van der Waals surface area contributed by atoms with Crippen LogP contribution in [0.2, 0.25) is 0 Å². The first-order valence-corrected chi connectivity index (χ1v) is 8.99. The van der Waals surface area contributed by atoms with Crippen molar-refractivity contribution in [2.24, 2.45) is 0 Å². The Labute approximate surface area is 156 Å². The minimum atomic E-state index is -0.320. The average Bonchev–Trinajstić information content (AvgIpc) is 2.74. The second-order valence-electron chi connectivity index (χ2n) is 6.60. The molecule has 2 aromatic heterocycles. The molecule has 1 unspecified atom stereocenters. The van der Waals surface area contributed by atoms with E-state index in [0.29, 0.717) is 29.9 Å². The molecule has 0 bridgehead atoms. The summed E-state index contributed by atoms with van der Waals surface area (Å²) in [6.07, 6.45) is 8.20. The predicted octanol–water partition coefficient (Wildman–Crippen LogP) is 3.70. The number of aromatic nitrogens is 3. The summed E-state index contributed by atoms with van der Waals surface area (Å²) in [6, 6.07) is 10.0. The van der Waals surface area contributed by atoms with Gasteiger partial charge in [-0.05, 0) is 37.1 Å². The van der Waals surface area contributed by atoms with E-state index in [9.17, 15) is 9.18 Å².